The van der Waals surface area contributed by atoms with Crippen molar-refractivity contribution in [1.29, 1.82) is 0 Å². The van der Waals surface area contributed by atoms with Gasteiger partial charge < -0.3 is 49.9 Å². The summed E-state index contributed by atoms with van der Waals surface area (Å²) in [6.45, 7) is 2.98. The van der Waals surface area contributed by atoms with E-state index in [0.717, 1.165) is 24.0 Å². The monoisotopic (exact) mass is 780 g/mol. The Morgan fingerprint density at radius 3 is 2.40 bits per heavy atom. The Morgan fingerprint density at radius 2 is 1.65 bits per heavy atom. The zero-order valence-electron chi connectivity index (χ0n) is 32.5. The number of esters is 1. The summed E-state index contributed by atoms with van der Waals surface area (Å²) in [5, 5.41) is 8.57. The van der Waals surface area contributed by atoms with Crippen LogP contribution in [0, 0.1) is 0 Å². The number of anilines is 2. The highest BCUT2D eigenvalue weighted by Gasteiger charge is 2.32. The molecular formula is C41H48N8O8. The summed E-state index contributed by atoms with van der Waals surface area (Å²) in [5.41, 5.74) is 10.0. The van der Waals surface area contributed by atoms with E-state index in [1.807, 2.05) is 29.4 Å². The number of carbonyl (C=O) groups excluding carboxylic acids is 5. The summed E-state index contributed by atoms with van der Waals surface area (Å²) in [6, 6.07) is 13.3. The molecule has 1 fully saturated rings. The lowest BCUT2D eigenvalue weighted by Crippen LogP contribution is -2.35. The molecule has 0 aliphatic carbocycles. The van der Waals surface area contributed by atoms with E-state index in [9.17, 15) is 24.0 Å². The first-order chi connectivity index (χ1) is 27.4. The lowest BCUT2D eigenvalue weighted by atomic mass is 10.1. The van der Waals surface area contributed by atoms with Crippen molar-refractivity contribution in [3.05, 3.63) is 77.9 Å². The van der Waals surface area contributed by atoms with Gasteiger partial charge in [-0.2, -0.15) is 0 Å². The average Bonchev–Trinajstić information content (AvgIpc) is 3.91. The van der Waals surface area contributed by atoms with Gasteiger partial charge in [0.15, 0.2) is 11.5 Å². The van der Waals surface area contributed by atoms with Crippen molar-refractivity contribution in [2.45, 2.75) is 51.1 Å². The molecule has 4 heterocycles. The van der Waals surface area contributed by atoms with E-state index >= 15 is 0 Å². The summed E-state index contributed by atoms with van der Waals surface area (Å²) < 4.78 is 19.9. The number of fused-ring (bicyclic) bond motifs is 2. The molecule has 2 aromatic heterocycles. The van der Waals surface area contributed by atoms with Crippen molar-refractivity contribution in [1.82, 2.24) is 19.4 Å². The predicted octanol–water partition coefficient (Wildman–Crippen LogP) is 4.42. The van der Waals surface area contributed by atoms with Crippen LogP contribution in [0.3, 0.4) is 0 Å². The number of amides is 4. The molecule has 0 bridgehead atoms. The molecule has 5 N–H and O–H groups in total. The second kappa shape index (κ2) is 18.0. The highest BCUT2D eigenvalue weighted by atomic mass is 16.5. The van der Waals surface area contributed by atoms with Crippen LogP contribution >= 0.6 is 0 Å². The second-order valence-electron chi connectivity index (χ2n) is 14.1. The van der Waals surface area contributed by atoms with E-state index in [-0.39, 0.29) is 49.3 Å². The minimum absolute atomic E-state index is 0.00222. The van der Waals surface area contributed by atoms with E-state index in [1.165, 1.54) is 7.11 Å². The van der Waals surface area contributed by atoms with Crippen molar-refractivity contribution in [2.24, 2.45) is 24.8 Å². The summed E-state index contributed by atoms with van der Waals surface area (Å²) in [5.74, 6) is -0.537. The van der Waals surface area contributed by atoms with Gasteiger partial charge in [-0.05, 0) is 68.5 Å². The molecular weight excluding hydrogens is 732 g/mol. The number of hydrogen-bond acceptors (Lipinski definition) is 10. The molecule has 1 saturated heterocycles. The molecule has 2 aromatic carbocycles. The molecule has 0 unspecified atom stereocenters. The van der Waals surface area contributed by atoms with Crippen LogP contribution < -0.4 is 31.2 Å². The first-order valence-electron chi connectivity index (χ1n) is 18.9. The third kappa shape index (κ3) is 9.70. The summed E-state index contributed by atoms with van der Waals surface area (Å²) >= 11 is 0. The minimum atomic E-state index is -0.690. The van der Waals surface area contributed by atoms with Crippen LogP contribution in [0.2, 0.25) is 0 Å². The van der Waals surface area contributed by atoms with E-state index in [2.05, 4.69) is 20.9 Å². The van der Waals surface area contributed by atoms with E-state index < -0.39 is 12.0 Å². The summed E-state index contributed by atoms with van der Waals surface area (Å²) in [6.07, 6.45) is 8.21. The lowest BCUT2D eigenvalue weighted by Gasteiger charge is -2.20. The quantitative estimate of drug-likeness (QED) is 0.0939. The normalized spacial score (nSPS) is 14.9. The molecule has 0 spiro atoms. The maximum atomic E-state index is 13.2. The van der Waals surface area contributed by atoms with Gasteiger partial charge in [0.05, 0.1) is 43.3 Å². The van der Waals surface area contributed by atoms with E-state index in [1.54, 1.807) is 72.7 Å². The number of methoxy groups -OCH3 is 1. The highest BCUT2D eigenvalue weighted by molar-refractivity contribution is 6.05. The van der Waals surface area contributed by atoms with Crippen molar-refractivity contribution < 1.29 is 38.2 Å². The molecule has 2 aliphatic rings. The predicted molar refractivity (Wildman–Crippen MR) is 214 cm³/mol. The first-order valence-corrected chi connectivity index (χ1v) is 18.9. The average molecular weight is 781 g/mol. The van der Waals surface area contributed by atoms with Crippen LogP contribution in [0.5, 0.6) is 11.5 Å². The standard InChI is InChI=1S/C41H48N8O8/c1-25(42)41(54)57-17-7-14-43-38(51)33-18-27(23-47(33)2)26-10-12-28(13-11-26)46-39(52)34-19-29(24-48(34)3)45-37(50)9-6-16-56-36-21-32-31(20-35(36)55-4)40(53)49-15-5-8-30(49)22-44-32/h10-13,18-25,30H,5-9,14-17,42H2,1-4H3,(H,43,51)(H,45,50)(H,46,52)/t25-,30-/m0/s1. The van der Waals surface area contributed by atoms with Crippen molar-refractivity contribution in [3.63, 3.8) is 0 Å². The second-order valence-corrected chi connectivity index (χ2v) is 14.1. The summed E-state index contributed by atoms with van der Waals surface area (Å²) in [7, 11) is 5.01. The fraction of sp³-hybridized carbons (Fsp3) is 0.366. The van der Waals surface area contributed by atoms with Crippen LogP contribution in [0.4, 0.5) is 17.1 Å². The number of rotatable bonds is 16. The van der Waals surface area contributed by atoms with Gasteiger partial charge in [-0.25, -0.2) is 0 Å². The van der Waals surface area contributed by atoms with Gasteiger partial charge in [0.2, 0.25) is 5.91 Å². The molecule has 6 rings (SSSR count). The molecule has 300 valence electrons. The zero-order valence-corrected chi connectivity index (χ0v) is 32.5. The number of ether oxygens (including phenoxy) is 3. The number of aryl methyl sites for hydroxylation is 2. The van der Waals surface area contributed by atoms with Crippen molar-refractivity contribution in [2.75, 3.05) is 44.0 Å². The molecule has 16 nitrogen and oxygen atoms in total. The third-order valence-electron chi connectivity index (χ3n) is 9.72. The van der Waals surface area contributed by atoms with E-state index in [0.29, 0.717) is 71.4 Å². The van der Waals surface area contributed by atoms with Gasteiger partial charge in [0.25, 0.3) is 17.7 Å². The Bertz CT molecular complexity index is 2170. The number of nitrogens with zero attached hydrogens (tertiary/aromatic N) is 4. The Hall–Kier alpha value is -6.42. The SMILES string of the molecule is COc1cc2c(cc1OCCCC(=O)Nc1cc(C(=O)Nc3ccc(-c4cc(C(=O)NCCCOC(=O)[C@H](C)N)n(C)c4)cc3)n(C)c1)N=C[C@@H]1CCCN1C2=O. The van der Waals surface area contributed by atoms with Crippen LogP contribution in [-0.2, 0) is 28.4 Å². The minimum Gasteiger partial charge on any atom is -0.493 e. The Morgan fingerprint density at radius 1 is 0.895 bits per heavy atom. The molecule has 2 atom stereocenters. The van der Waals surface area contributed by atoms with Crippen molar-refractivity contribution >= 4 is 52.9 Å². The Labute approximate surface area is 330 Å². The zero-order chi connectivity index (χ0) is 40.6. The topological polar surface area (TPSA) is 201 Å². The maximum absolute atomic E-state index is 13.2. The number of nitrogens with two attached hydrogens (primary N) is 1. The van der Waals surface area contributed by atoms with Gasteiger partial charge in [-0.15, -0.1) is 0 Å². The Kier molecular flexibility index (Phi) is 12.7. The number of nitrogens with one attached hydrogen (secondary N) is 3. The number of aromatic nitrogens is 2. The maximum Gasteiger partial charge on any atom is 0.322 e. The molecule has 0 saturated carbocycles. The van der Waals surface area contributed by atoms with Crippen LogP contribution in [0.15, 0.2) is 65.9 Å². The molecule has 16 heteroatoms. The smallest absolute Gasteiger partial charge is 0.322 e. The molecule has 57 heavy (non-hydrogen) atoms. The molecule has 4 aromatic rings. The fourth-order valence-electron chi connectivity index (χ4n) is 6.68. The van der Waals surface area contributed by atoms with E-state index in [4.69, 9.17) is 19.9 Å². The van der Waals surface area contributed by atoms with Gasteiger partial charge in [-0.3, -0.25) is 29.0 Å². The van der Waals surface area contributed by atoms with Crippen LogP contribution in [0.1, 0.15) is 70.4 Å². The van der Waals surface area contributed by atoms with Crippen LogP contribution in [-0.4, -0.2) is 95.3 Å². The first kappa shape index (κ1) is 40.2. The molecule has 0 radical (unpaired) electrons. The molecule has 4 amide bonds. The number of benzene rings is 2. The third-order valence-corrected chi connectivity index (χ3v) is 9.72. The number of aliphatic imine (C=N–C) groups is 1. The van der Waals surface area contributed by atoms with Gasteiger partial charge in [0, 0.05) is 69.5 Å². The number of carbonyl (C=O) groups is 5. The molecule has 2 aliphatic heterocycles. The summed E-state index contributed by atoms with van der Waals surface area (Å²) in [4.78, 5) is 69.8. The largest absolute Gasteiger partial charge is 0.493 e. The van der Waals surface area contributed by atoms with Crippen molar-refractivity contribution in [3.8, 4) is 22.6 Å². The fourth-order valence-corrected chi connectivity index (χ4v) is 6.68. The highest BCUT2D eigenvalue weighted by Crippen LogP contribution is 2.38. The van der Waals surface area contributed by atoms with Gasteiger partial charge in [-0.1, -0.05) is 12.1 Å². The Balaban J connectivity index is 0.960. The number of hydrogen-bond donors (Lipinski definition) is 4. The van der Waals surface area contributed by atoms with Crippen LogP contribution in [0.25, 0.3) is 11.1 Å². The lowest BCUT2D eigenvalue weighted by molar-refractivity contribution is -0.144. The van der Waals surface area contributed by atoms with Gasteiger partial charge >= 0.3 is 5.97 Å². The van der Waals surface area contributed by atoms with Gasteiger partial charge in [0.1, 0.15) is 17.4 Å².